The van der Waals surface area contributed by atoms with Gasteiger partial charge in [-0.3, -0.25) is 4.79 Å². The molecule has 1 atom stereocenters. The number of hydrogen-bond donors (Lipinski definition) is 2. The predicted octanol–water partition coefficient (Wildman–Crippen LogP) is 6.17. The van der Waals surface area contributed by atoms with Crippen molar-refractivity contribution in [3.63, 3.8) is 0 Å². The summed E-state index contributed by atoms with van der Waals surface area (Å²) in [7, 11) is 0. The van der Waals surface area contributed by atoms with E-state index in [9.17, 15) is 22.4 Å². The minimum Gasteiger partial charge on any atom is -0.381 e. The normalized spacial score (nSPS) is 22.2. The molecule has 2 aromatic carbocycles. The lowest BCUT2D eigenvalue weighted by Crippen LogP contribution is -2.47. The van der Waals surface area contributed by atoms with Gasteiger partial charge in [0.05, 0.1) is 11.1 Å². The first-order valence-electron chi connectivity index (χ1n) is 12.7. The molecule has 1 saturated heterocycles. The molecule has 3 heterocycles. The minimum atomic E-state index is -2.49. The van der Waals surface area contributed by atoms with Crippen molar-refractivity contribution in [3.8, 4) is 0 Å². The Labute approximate surface area is 217 Å². The molecule has 0 radical (unpaired) electrons. The van der Waals surface area contributed by atoms with Crippen molar-refractivity contribution in [2.24, 2.45) is 5.92 Å². The predicted molar refractivity (Wildman–Crippen MR) is 136 cm³/mol. The van der Waals surface area contributed by atoms with Crippen LogP contribution in [-0.2, 0) is 6.42 Å². The van der Waals surface area contributed by atoms with E-state index in [1.807, 2.05) is 0 Å². The van der Waals surface area contributed by atoms with E-state index < -0.39 is 11.7 Å². The third-order valence-electron chi connectivity index (χ3n) is 7.82. The Hall–Kier alpha value is -2.65. The lowest BCUT2D eigenvalue weighted by Gasteiger charge is -2.43. The molecule has 198 valence electrons. The summed E-state index contributed by atoms with van der Waals surface area (Å²) in [6.07, 6.45) is 3.78. The van der Waals surface area contributed by atoms with Gasteiger partial charge in [0.2, 0.25) is 5.92 Å². The number of halogens is 5. The van der Waals surface area contributed by atoms with E-state index in [0.29, 0.717) is 46.7 Å². The maximum Gasteiger partial charge on any atom is 0.272 e. The number of aromatic nitrogens is 2. The number of likely N-dealkylation sites (tertiary alicyclic amines) is 1. The van der Waals surface area contributed by atoms with Gasteiger partial charge in [-0.05, 0) is 75.0 Å². The number of alkyl halides is 2. The quantitative estimate of drug-likeness (QED) is 0.385. The zero-order valence-electron chi connectivity index (χ0n) is 20.3. The number of aromatic amines is 1. The van der Waals surface area contributed by atoms with E-state index in [4.69, 9.17) is 11.6 Å². The van der Waals surface area contributed by atoms with Gasteiger partial charge in [0.1, 0.15) is 11.6 Å². The molecule has 2 N–H and O–H groups in total. The van der Waals surface area contributed by atoms with Gasteiger partial charge >= 0.3 is 0 Å². The maximum atomic E-state index is 14.0. The van der Waals surface area contributed by atoms with Gasteiger partial charge in [-0.1, -0.05) is 17.7 Å². The van der Waals surface area contributed by atoms with Gasteiger partial charge in [-0.15, -0.1) is 0 Å². The van der Waals surface area contributed by atoms with Crippen LogP contribution in [-0.4, -0.2) is 46.2 Å². The average Bonchev–Trinajstić information content (AvgIpc) is 2.86. The van der Waals surface area contributed by atoms with Crippen LogP contribution in [0.1, 0.15) is 44.2 Å². The van der Waals surface area contributed by atoms with Crippen LogP contribution in [0.25, 0.3) is 10.8 Å². The van der Waals surface area contributed by atoms with E-state index in [0.717, 1.165) is 31.6 Å². The number of nitrogens with zero attached hydrogens (tertiary/aromatic N) is 2. The molecule has 1 unspecified atom stereocenters. The Morgan fingerprint density at radius 1 is 1.00 bits per heavy atom. The van der Waals surface area contributed by atoms with Gasteiger partial charge in [-0.2, -0.15) is 5.10 Å². The first-order chi connectivity index (χ1) is 17.7. The fourth-order valence-corrected chi connectivity index (χ4v) is 6.05. The van der Waals surface area contributed by atoms with Crippen molar-refractivity contribution in [2.45, 2.75) is 63.0 Å². The van der Waals surface area contributed by atoms with Gasteiger partial charge < -0.3 is 10.2 Å². The first-order valence-corrected chi connectivity index (χ1v) is 13.1. The Morgan fingerprint density at radius 3 is 2.38 bits per heavy atom. The number of nitrogens with one attached hydrogen (secondary N) is 2. The van der Waals surface area contributed by atoms with E-state index in [1.165, 1.54) is 24.3 Å². The van der Waals surface area contributed by atoms with Crippen LogP contribution < -0.4 is 10.9 Å². The molecule has 0 spiro atoms. The Balaban J connectivity index is 0.000000301. The molecule has 3 aliphatic rings. The molecule has 1 aromatic heterocycles. The smallest absolute Gasteiger partial charge is 0.272 e. The number of rotatable bonds is 2. The molecule has 1 aliphatic carbocycles. The lowest BCUT2D eigenvalue weighted by molar-refractivity contribution is -0.0569. The number of benzene rings is 2. The minimum absolute atomic E-state index is 0.00198. The molecular weight excluding hydrogens is 508 g/mol. The van der Waals surface area contributed by atoms with Gasteiger partial charge in [0.15, 0.2) is 0 Å². The van der Waals surface area contributed by atoms with Crippen molar-refractivity contribution in [2.75, 3.05) is 18.4 Å². The summed E-state index contributed by atoms with van der Waals surface area (Å²) < 4.78 is 53.0. The van der Waals surface area contributed by atoms with Gasteiger partial charge in [0, 0.05) is 47.4 Å². The second kappa shape index (κ2) is 10.6. The van der Waals surface area contributed by atoms with Crippen LogP contribution in [0.5, 0.6) is 0 Å². The second-order valence-corrected chi connectivity index (χ2v) is 10.7. The molecule has 37 heavy (non-hydrogen) atoms. The van der Waals surface area contributed by atoms with E-state index >= 15 is 0 Å². The third-order valence-corrected chi connectivity index (χ3v) is 8.05. The third kappa shape index (κ3) is 5.93. The molecule has 10 heteroatoms. The molecular formula is C27H29ClF4N4O. The summed E-state index contributed by atoms with van der Waals surface area (Å²) in [5, 5.41) is 11.7. The number of anilines is 1. The summed E-state index contributed by atoms with van der Waals surface area (Å²) >= 11 is 5.40. The number of hydrogen-bond acceptors (Lipinski definition) is 4. The van der Waals surface area contributed by atoms with E-state index in [1.54, 1.807) is 12.1 Å². The van der Waals surface area contributed by atoms with Crippen LogP contribution in [0.4, 0.5) is 23.2 Å². The zero-order chi connectivity index (χ0) is 26.2. The highest BCUT2D eigenvalue weighted by atomic mass is 35.5. The number of H-pyrrole nitrogens is 1. The van der Waals surface area contributed by atoms with Gasteiger partial charge in [0.25, 0.3) is 5.56 Å². The number of piperidine rings is 1. The molecule has 0 bridgehead atoms. The van der Waals surface area contributed by atoms with Crippen LogP contribution in [0.3, 0.4) is 0 Å². The molecule has 1 saturated carbocycles. The molecule has 5 nitrogen and oxygen atoms in total. The first kappa shape index (κ1) is 26.0. The van der Waals surface area contributed by atoms with Crippen LogP contribution >= 0.6 is 11.6 Å². The summed E-state index contributed by atoms with van der Waals surface area (Å²) in [4.78, 5) is 14.4. The van der Waals surface area contributed by atoms with Crippen LogP contribution in [0, 0.1) is 17.6 Å². The molecule has 2 fully saturated rings. The second-order valence-electron chi connectivity index (χ2n) is 10.2. The standard InChI is InChI=1S/C21H25F3N4O.C6H4ClF/c22-13-9-15-19-17(10-13)25-16(11-18(19)26-27-20(15)29)12-3-7-28(8-4-12)14-1-5-21(23,24)6-2-14;7-5-2-1-3-6(8)4-5/h9-10,12,14,16,25H,1-8,11H2,(H,27,29);1-4H. The highest BCUT2D eigenvalue weighted by Crippen LogP contribution is 2.38. The average molecular weight is 537 g/mol. The zero-order valence-corrected chi connectivity index (χ0v) is 21.0. The van der Waals surface area contributed by atoms with Crippen molar-refractivity contribution < 1.29 is 17.6 Å². The van der Waals surface area contributed by atoms with Gasteiger partial charge in [-0.25, -0.2) is 22.7 Å². The Morgan fingerprint density at radius 2 is 1.73 bits per heavy atom. The van der Waals surface area contributed by atoms with Crippen molar-refractivity contribution in [3.05, 3.63) is 69.1 Å². The maximum absolute atomic E-state index is 14.0. The van der Waals surface area contributed by atoms with Crippen molar-refractivity contribution in [1.29, 1.82) is 0 Å². The van der Waals surface area contributed by atoms with Crippen LogP contribution in [0.2, 0.25) is 5.02 Å². The van der Waals surface area contributed by atoms with Crippen molar-refractivity contribution >= 4 is 28.1 Å². The van der Waals surface area contributed by atoms with Crippen molar-refractivity contribution in [1.82, 2.24) is 15.1 Å². The SMILES string of the molecule is Fc1cccc(Cl)c1.O=c1[nH]nc2c3c(cc(F)cc13)NC(C1CCN(C3CCC(F)(F)CC3)CC1)C2. The molecule has 2 aliphatic heterocycles. The van der Waals surface area contributed by atoms with Crippen LogP contribution in [0.15, 0.2) is 41.2 Å². The van der Waals surface area contributed by atoms with E-state index in [2.05, 4.69) is 20.4 Å². The Kier molecular flexibility index (Phi) is 7.45. The summed E-state index contributed by atoms with van der Waals surface area (Å²) in [6, 6.07) is 8.91. The summed E-state index contributed by atoms with van der Waals surface area (Å²) in [5.74, 6) is -2.82. The molecule has 3 aromatic rings. The topological polar surface area (TPSA) is 61.0 Å². The highest BCUT2D eigenvalue weighted by Gasteiger charge is 2.39. The van der Waals surface area contributed by atoms with E-state index in [-0.39, 0.29) is 36.3 Å². The monoisotopic (exact) mass is 536 g/mol. The summed E-state index contributed by atoms with van der Waals surface area (Å²) in [5.41, 5.74) is 1.06. The fraction of sp³-hybridized carbons (Fsp3) is 0.481. The molecule has 6 rings (SSSR count). The molecule has 0 amide bonds. The largest absolute Gasteiger partial charge is 0.381 e. The Bertz CT molecular complexity index is 1300. The fourth-order valence-electron chi connectivity index (χ4n) is 5.87. The highest BCUT2D eigenvalue weighted by molar-refractivity contribution is 6.30. The lowest BCUT2D eigenvalue weighted by atomic mass is 9.82. The summed E-state index contributed by atoms with van der Waals surface area (Å²) in [6.45, 7) is 1.81.